The van der Waals surface area contributed by atoms with Crippen LogP contribution in [0.1, 0.15) is 26.7 Å². The number of rotatable bonds is 4. The average Bonchev–Trinajstić information content (AvgIpc) is 2.25. The van der Waals surface area contributed by atoms with E-state index in [1.165, 1.54) is 6.07 Å². The van der Waals surface area contributed by atoms with Crippen LogP contribution in [-0.4, -0.2) is 5.91 Å². The van der Waals surface area contributed by atoms with Crippen molar-refractivity contribution in [2.75, 3.05) is 5.32 Å². The van der Waals surface area contributed by atoms with Crippen molar-refractivity contribution in [1.82, 2.24) is 0 Å². The second-order valence-corrected chi connectivity index (χ2v) is 4.49. The van der Waals surface area contributed by atoms with Gasteiger partial charge in [-0.1, -0.05) is 13.8 Å². The van der Waals surface area contributed by atoms with Gasteiger partial charge in [0, 0.05) is 11.6 Å². The van der Waals surface area contributed by atoms with Gasteiger partial charge in [-0.25, -0.2) is 4.39 Å². The molecule has 1 rings (SSSR count). The standard InChI is InChI=1S/C12H15BrFNO/c1-3-8(4-2)12(16)15-9-5-6-10(13)11(14)7-9/h5-8H,3-4H2,1-2H3,(H,15,16). The summed E-state index contributed by atoms with van der Waals surface area (Å²) in [6.45, 7) is 3.94. The number of carbonyl (C=O) groups excluding carboxylic acids is 1. The number of nitrogens with one attached hydrogen (secondary N) is 1. The van der Waals surface area contributed by atoms with Crippen molar-refractivity contribution in [1.29, 1.82) is 0 Å². The van der Waals surface area contributed by atoms with Gasteiger partial charge in [-0.3, -0.25) is 4.79 Å². The van der Waals surface area contributed by atoms with Crippen LogP contribution in [-0.2, 0) is 4.79 Å². The summed E-state index contributed by atoms with van der Waals surface area (Å²) < 4.78 is 13.6. The minimum absolute atomic E-state index is 0.00768. The predicted octanol–water partition coefficient (Wildman–Crippen LogP) is 3.96. The summed E-state index contributed by atoms with van der Waals surface area (Å²) in [5.74, 6) is -0.430. The number of benzene rings is 1. The molecule has 0 unspecified atom stereocenters. The van der Waals surface area contributed by atoms with Crippen LogP contribution in [0.15, 0.2) is 22.7 Å². The SMILES string of the molecule is CCC(CC)C(=O)Nc1ccc(Br)c(F)c1. The minimum Gasteiger partial charge on any atom is -0.326 e. The molecular weight excluding hydrogens is 273 g/mol. The lowest BCUT2D eigenvalue weighted by Crippen LogP contribution is -2.21. The van der Waals surface area contributed by atoms with Crippen molar-refractivity contribution < 1.29 is 9.18 Å². The molecule has 0 radical (unpaired) electrons. The number of amides is 1. The van der Waals surface area contributed by atoms with Gasteiger partial charge < -0.3 is 5.32 Å². The Labute approximate surface area is 103 Å². The van der Waals surface area contributed by atoms with Crippen molar-refractivity contribution in [3.8, 4) is 0 Å². The number of halogens is 2. The molecule has 0 saturated heterocycles. The maximum absolute atomic E-state index is 13.2. The molecule has 0 atom stereocenters. The van der Waals surface area contributed by atoms with Gasteiger partial charge in [-0.2, -0.15) is 0 Å². The highest BCUT2D eigenvalue weighted by Crippen LogP contribution is 2.20. The largest absolute Gasteiger partial charge is 0.326 e. The molecular formula is C12H15BrFNO. The zero-order valence-electron chi connectivity index (χ0n) is 9.39. The molecule has 0 aliphatic rings. The van der Waals surface area contributed by atoms with E-state index in [-0.39, 0.29) is 17.6 Å². The third-order valence-electron chi connectivity index (χ3n) is 2.54. The van der Waals surface area contributed by atoms with E-state index >= 15 is 0 Å². The molecule has 1 N–H and O–H groups in total. The van der Waals surface area contributed by atoms with Crippen LogP contribution in [0.3, 0.4) is 0 Å². The van der Waals surface area contributed by atoms with Crippen LogP contribution in [0.25, 0.3) is 0 Å². The van der Waals surface area contributed by atoms with Gasteiger partial charge in [-0.15, -0.1) is 0 Å². The molecule has 0 aromatic heterocycles. The van der Waals surface area contributed by atoms with Crippen LogP contribution in [0.2, 0.25) is 0 Å². The van der Waals surface area contributed by atoms with Crippen LogP contribution < -0.4 is 5.32 Å². The number of hydrogen-bond acceptors (Lipinski definition) is 1. The Kier molecular flexibility index (Phi) is 4.93. The van der Waals surface area contributed by atoms with Gasteiger partial charge >= 0.3 is 0 Å². The van der Waals surface area contributed by atoms with Crippen LogP contribution in [0.5, 0.6) is 0 Å². The van der Waals surface area contributed by atoms with Crippen LogP contribution >= 0.6 is 15.9 Å². The molecule has 0 aliphatic carbocycles. The van der Waals surface area contributed by atoms with Gasteiger partial charge in [0.1, 0.15) is 5.82 Å². The highest BCUT2D eigenvalue weighted by molar-refractivity contribution is 9.10. The second kappa shape index (κ2) is 5.99. The molecule has 0 fully saturated rings. The van der Waals surface area contributed by atoms with Crippen molar-refractivity contribution in [2.45, 2.75) is 26.7 Å². The smallest absolute Gasteiger partial charge is 0.227 e. The summed E-state index contributed by atoms with van der Waals surface area (Å²) in [7, 11) is 0. The zero-order valence-corrected chi connectivity index (χ0v) is 11.0. The number of hydrogen-bond donors (Lipinski definition) is 1. The second-order valence-electron chi connectivity index (χ2n) is 3.63. The Hall–Kier alpha value is -0.900. The lowest BCUT2D eigenvalue weighted by molar-refractivity contribution is -0.120. The fourth-order valence-electron chi connectivity index (χ4n) is 1.48. The topological polar surface area (TPSA) is 29.1 Å². The molecule has 0 saturated carbocycles. The van der Waals surface area contributed by atoms with Crippen LogP contribution in [0, 0.1) is 11.7 Å². The van der Waals surface area contributed by atoms with Gasteiger partial charge in [0.05, 0.1) is 4.47 Å². The summed E-state index contributed by atoms with van der Waals surface area (Å²) in [5, 5.41) is 2.71. The molecule has 1 aromatic rings. The van der Waals surface area contributed by atoms with Crippen molar-refractivity contribution >= 4 is 27.5 Å². The molecule has 0 heterocycles. The van der Waals surface area contributed by atoms with Crippen LogP contribution in [0.4, 0.5) is 10.1 Å². The normalized spacial score (nSPS) is 10.6. The van der Waals surface area contributed by atoms with Gasteiger partial charge in [0.25, 0.3) is 0 Å². The molecule has 4 heteroatoms. The highest BCUT2D eigenvalue weighted by Gasteiger charge is 2.14. The van der Waals surface area contributed by atoms with E-state index in [1.807, 2.05) is 13.8 Å². The van der Waals surface area contributed by atoms with Gasteiger partial charge in [0.2, 0.25) is 5.91 Å². The molecule has 1 aromatic carbocycles. The first-order chi connectivity index (χ1) is 7.58. The molecule has 16 heavy (non-hydrogen) atoms. The summed E-state index contributed by atoms with van der Waals surface area (Å²) >= 11 is 3.06. The fraction of sp³-hybridized carbons (Fsp3) is 0.417. The Bertz CT molecular complexity index is 377. The van der Waals surface area contributed by atoms with E-state index in [9.17, 15) is 9.18 Å². The number of carbonyl (C=O) groups is 1. The molecule has 0 aliphatic heterocycles. The molecule has 0 bridgehead atoms. The van der Waals surface area contributed by atoms with E-state index in [1.54, 1.807) is 12.1 Å². The third-order valence-corrected chi connectivity index (χ3v) is 3.19. The fourth-order valence-corrected chi connectivity index (χ4v) is 1.72. The third kappa shape index (κ3) is 3.30. The summed E-state index contributed by atoms with van der Waals surface area (Å²) in [4.78, 5) is 11.7. The predicted molar refractivity (Wildman–Crippen MR) is 66.8 cm³/mol. The molecule has 0 spiro atoms. The average molecular weight is 288 g/mol. The monoisotopic (exact) mass is 287 g/mol. The molecule has 88 valence electrons. The first kappa shape index (κ1) is 13.2. The summed E-state index contributed by atoms with van der Waals surface area (Å²) in [6.07, 6.45) is 1.59. The van der Waals surface area contributed by atoms with E-state index in [0.717, 1.165) is 12.8 Å². The first-order valence-electron chi connectivity index (χ1n) is 5.34. The van der Waals surface area contributed by atoms with Gasteiger partial charge in [0.15, 0.2) is 0 Å². The zero-order chi connectivity index (χ0) is 12.1. The maximum atomic E-state index is 13.2. The summed E-state index contributed by atoms with van der Waals surface area (Å²) in [5.41, 5.74) is 0.498. The lowest BCUT2D eigenvalue weighted by atomic mass is 10.0. The minimum atomic E-state index is -0.373. The molecule has 1 amide bonds. The highest BCUT2D eigenvalue weighted by atomic mass is 79.9. The lowest BCUT2D eigenvalue weighted by Gasteiger charge is -2.12. The maximum Gasteiger partial charge on any atom is 0.227 e. The van der Waals surface area contributed by atoms with E-state index in [2.05, 4.69) is 21.2 Å². The Balaban J connectivity index is 2.73. The first-order valence-corrected chi connectivity index (χ1v) is 6.13. The Morgan fingerprint density at radius 3 is 2.56 bits per heavy atom. The van der Waals surface area contributed by atoms with E-state index in [0.29, 0.717) is 10.2 Å². The summed E-state index contributed by atoms with van der Waals surface area (Å²) in [6, 6.07) is 4.57. The Morgan fingerprint density at radius 1 is 1.44 bits per heavy atom. The van der Waals surface area contributed by atoms with Crippen molar-refractivity contribution in [3.63, 3.8) is 0 Å². The Morgan fingerprint density at radius 2 is 2.06 bits per heavy atom. The van der Waals surface area contributed by atoms with E-state index in [4.69, 9.17) is 0 Å². The quantitative estimate of drug-likeness (QED) is 0.892. The molecule has 2 nitrogen and oxygen atoms in total. The number of anilines is 1. The van der Waals surface area contributed by atoms with E-state index < -0.39 is 0 Å². The van der Waals surface area contributed by atoms with Crippen molar-refractivity contribution in [3.05, 3.63) is 28.5 Å². The van der Waals surface area contributed by atoms with Gasteiger partial charge in [-0.05, 0) is 47.0 Å². The van der Waals surface area contributed by atoms with Crippen molar-refractivity contribution in [2.24, 2.45) is 5.92 Å².